The van der Waals surface area contributed by atoms with E-state index in [0.717, 1.165) is 5.75 Å². The molecule has 0 aliphatic rings. The number of nitrogens with two attached hydrogens (primary N) is 1. The molecule has 9 heteroatoms. The molecule has 2 aromatic carbocycles. The highest BCUT2D eigenvalue weighted by Gasteiger charge is 2.09. The predicted molar refractivity (Wildman–Crippen MR) is 99.5 cm³/mol. The first-order valence-electron chi connectivity index (χ1n) is 8.07. The molecular formula is C18H17N5O4. The van der Waals surface area contributed by atoms with Crippen LogP contribution in [0.3, 0.4) is 0 Å². The molecule has 0 spiro atoms. The van der Waals surface area contributed by atoms with Crippen molar-refractivity contribution in [3.05, 3.63) is 76.3 Å². The zero-order chi connectivity index (χ0) is 19.1. The molecule has 0 unspecified atom stereocenters. The number of nitro benzene ring substituents is 1. The van der Waals surface area contributed by atoms with Gasteiger partial charge in [-0.25, -0.2) is 4.99 Å². The minimum absolute atomic E-state index is 0.0577. The summed E-state index contributed by atoms with van der Waals surface area (Å²) < 4.78 is 11.0. The Morgan fingerprint density at radius 3 is 2.67 bits per heavy atom. The number of nitrogens with one attached hydrogen (secondary N) is 1. The fourth-order valence-electron chi connectivity index (χ4n) is 2.22. The number of nitro groups is 1. The summed E-state index contributed by atoms with van der Waals surface area (Å²) >= 11 is 0. The molecule has 0 aliphatic carbocycles. The van der Waals surface area contributed by atoms with Crippen LogP contribution in [0.15, 0.2) is 65.7 Å². The van der Waals surface area contributed by atoms with Crippen LogP contribution in [0.25, 0.3) is 0 Å². The Bertz CT molecular complexity index is 940. The summed E-state index contributed by atoms with van der Waals surface area (Å²) in [7, 11) is 0. The van der Waals surface area contributed by atoms with E-state index in [4.69, 9.17) is 15.2 Å². The Labute approximate surface area is 154 Å². The monoisotopic (exact) mass is 367 g/mol. The molecule has 1 aromatic heterocycles. The Hall–Kier alpha value is -3.88. The van der Waals surface area contributed by atoms with Crippen LogP contribution in [-0.2, 0) is 0 Å². The number of ether oxygens (including phenoxy) is 2. The van der Waals surface area contributed by atoms with Gasteiger partial charge in [-0.2, -0.15) is 0 Å². The molecule has 3 aromatic rings. The van der Waals surface area contributed by atoms with E-state index in [9.17, 15) is 10.1 Å². The van der Waals surface area contributed by atoms with E-state index in [0.29, 0.717) is 30.5 Å². The van der Waals surface area contributed by atoms with Crippen molar-refractivity contribution in [2.75, 3.05) is 13.2 Å². The largest absolute Gasteiger partial charge is 0.490 e. The van der Waals surface area contributed by atoms with Crippen molar-refractivity contribution in [3.63, 3.8) is 0 Å². The second-order valence-corrected chi connectivity index (χ2v) is 5.41. The van der Waals surface area contributed by atoms with Gasteiger partial charge in [0.15, 0.2) is 5.82 Å². The lowest BCUT2D eigenvalue weighted by molar-refractivity contribution is -0.384. The van der Waals surface area contributed by atoms with Crippen LogP contribution in [-0.4, -0.2) is 34.2 Å². The summed E-state index contributed by atoms with van der Waals surface area (Å²) in [6, 6.07) is 16.9. The first-order chi connectivity index (χ1) is 13.1. The van der Waals surface area contributed by atoms with Crippen molar-refractivity contribution in [1.29, 1.82) is 0 Å². The number of amidine groups is 1. The molecule has 0 saturated carbocycles. The molecule has 1 heterocycles. The number of aliphatic imine (C=N–C) groups is 1. The number of para-hydroxylation sites is 1. The topological polar surface area (TPSA) is 129 Å². The molecule has 3 rings (SSSR count). The summed E-state index contributed by atoms with van der Waals surface area (Å²) in [6.07, 6.45) is 0. The third kappa shape index (κ3) is 5.05. The third-order valence-electron chi connectivity index (χ3n) is 3.48. The highest BCUT2D eigenvalue weighted by molar-refractivity contribution is 5.99. The maximum absolute atomic E-state index is 10.8. The van der Waals surface area contributed by atoms with Crippen molar-refractivity contribution < 1.29 is 14.4 Å². The zero-order valence-corrected chi connectivity index (χ0v) is 14.2. The number of hydrogen-bond donors (Lipinski definition) is 2. The fraction of sp³-hybridized carbons (Fsp3) is 0.111. The van der Waals surface area contributed by atoms with Gasteiger partial charge in [0, 0.05) is 23.8 Å². The SMILES string of the molecule is N/C(=N\c1cc(OCCOc2ccccc2)n[nH]1)c1cccc([N+](=O)[O-])c1. The van der Waals surface area contributed by atoms with Gasteiger partial charge in [0.25, 0.3) is 5.69 Å². The predicted octanol–water partition coefficient (Wildman–Crippen LogP) is 2.81. The average Bonchev–Trinajstić information content (AvgIpc) is 3.13. The Morgan fingerprint density at radius 1 is 1.11 bits per heavy atom. The van der Waals surface area contributed by atoms with Gasteiger partial charge in [-0.3, -0.25) is 15.2 Å². The van der Waals surface area contributed by atoms with E-state index >= 15 is 0 Å². The molecule has 0 bridgehead atoms. The standard InChI is InChI=1S/C18H17N5O4/c19-18(13-5-4-6-14(11-13)23(24)25)20-16-12-17(22-21-16)27-10-9-26-15-7-2-1-3-8-15/h1-8,11-12H,9-10H2,(H3,19,20,21,22). The molecule has 0 atom stereocenters. The van der Waals surface area contributed by atoms with Crippen molar-refractivity contribution in [2.24, 2.45) is 10.7 Å². The smallest absolute Gasteiger partial charge is 0.270 e. The van der Waals surface area contributed by atoms with Gasteiger partial charge in [-0.1, -0.05) is 30.3 Å². The lowest BCUT2D eigenvalue weighted by atomic mass is 10.2. The molecule has 0 saturated heterocycles. The zero-order valence-electron chi connectivity index (χ0n) is 14.2. The van der Waals surface area contributed by atoms with Crippen LogP contribution in [0.4, 0.5) is 11.5 Å². The van der Waals surface area contributed by atoms with E-state index in [1.54, 1.807) is 18.2 Å². The lowest BCUT2D eigenvalue weighted by Gasteiger charge is -2.05. The summed E-state index contributed by atoms with van der Waals surface area (Å²) in [5.41, 5.74) is 6.29. The number of hydrogen-bond acceptors (Lipinski definition) is 6. The van der Waals surface area contributed by atoms with Crippen LogP contribution in [0.1, 0.15) is 5.56 Å². The number of benzene rings is 2. The first-order valence-corrected chi connectivity index (χ1v) is 8.07. The molecule has 27 heavy (non-hydrogen) atoms. The summed E-state index contributed by atoms with van der Waals surface area (Å²) in [6.45, 7) is 0.675. The minimum atomic E-state index is -0.490. The molecule has 0 amide bonds. The van der Waals surface area contributed by atoms with E-state index < -0.39 is 4.92 Å². The van der Waals surface area contributed by atoms with Crippen LogP contribution in [0.2, 0.25) is 0 Å². The van der Waals surface area contributed by atoms with Crippen molar-refractivity contribution in [1.82, 2.24) is 10.2 Å². The summed E-state index contributed by atoms with van der Waals surface area (Å²) in [5.74, 6) is 1.61. The molecule has 3 N–H and O–H groups in total. The molecule has 9 nitrogen and oxygen atoms in total. The number of rotatable bonds is 8. The molecule has 138 valence electrons. The van der Waals surface area contributed by atoms with Crippen molar-refractivity contribution in [2.45, 2.75) is 0 Å². The van der Waals surface area contributed by atoms with Gasteiger partial charge in [-0.15, -0.1) is 5.10 Å². The number of nitrogens with zero attached hydrogens (tertiary/aromatic N) is 3. The number of aromatic nitrogens is 2. The number of aromatic amines is 1. The van der Waals surface area contributed by atoms with E-state index in [1.807, 2.05) is 30.3 Å². The minimum Gasteiger partial charge on any atom is -0.490 e. The highest BCUT2D eigenvalue weighted by Crippen LogP contribution is 2.18. The lowest BCUT2D eigenvalue weighted by Crippen LogP contribution is -2.12. The van der Waals surface area contributed by atoms with Gasteiger partial charge >= 0.3 is 0 Å². The van der Waals surface area contributed by atoms with E-state index in [1.165, 1.54) is 12.1 Å². The maximum Gasteiger partial charge on any atom is 0.270 e. The fourth-order valence-corrected chi connectivity index (χ4v) is 2.22. The average molecular weight is 367 g/mol. The normalized spacial score (nSPS) is 11.2. The van der Waals surface area contributed by atoms with Crippen molar-refractivity contribution >= 4 is 17.3 Å². The molecular weight excluding hydrogens is 350 g/mol. The number of H-pyrrole nitrogens is 1. The van der Waals surface area contributed by atoms with Crippen LogP contribution >= 0.6 is 0 Å². The van der Waals surface area contributed by atoms with Gasteiger partial charge < -0.3 is 15.2 Å². The molecule has 0 fully saturated rings. The summed E-state index contributed by atoms with van der Waals surface area (Å²) in [4.78, 5) is 14.5. The Kier molecular flexibility index (Phi) is 5.63. The van der Waals surface area contributed by atoms with Crippen LogP contribution < -0.4 is 15.2 Å². The van der Waals surface area contributed by atoms with Crippen LogP contribution in [0, 0.1) is 10.1 Å². The number of non-ortho nitro benzene ring substituents is 1. The first kappa shape index (κ1) is 17.9. The van der Waals surface area contributed by atoms with Gasteiger partial charge in [0.1, 0.15) is 24.8 Å². The van der Waals surface area contributed by atoms with E-state index in [-0.39, 0.29) is 11.5 Å². The second-order valence-electron chi connectivity index (χ2n) is 5.41. The molecule has 0 radical (unpaired) electrons. The Balaban J connectivity index is 1.56. The third-order valence-corrected chi connectivity index (χ3v) is 3.48. The summed E-state index contributed by atoms with van der Waals surface area (Å²) in [5, 5.41) is 17.5. The van der Waals surface area contributed by atoms with E-state index in [2.05, 4.69) is 15.2 Å². The molecule has 0 aliphatic heterocycles. The second kappa shape index (κ2) is 8.48. The van der Waals surface area contributed by atoms with Gasteiger partial charge in [0.2, 0.25) is 5.88 Å². The quantitative estimate of drug-likeness (QED) is 0.207. The highest BCUT2D eigenvalue weighted by atomic mass is 16.6. The maximum atomic E-state index is 10.8. The van der Waals surface area contributed by atoms with Gasteiger partial charge in [-0.05, 0) is 12.1 Å². The van der Waals surface area contributed by atoms with Crippen molar-refractivity contribution in [3.8, 4) is 11.6 Å². The Morgan fingerprint density at radius 2 is 1.89 bits per heavy atom. The van der Waals surface area contributed by atoms with Gasteiger partial charge in [0.05, 0.1) is 4.92 Å². The van der Waals surface area contributed by atoms with Crippen LogP contribution in [0.5, 0.6) is 11.6 Å².